The van der Waals surface area contributed by atoms with Gasteiger partial charge in [0.15, 0.2) is 0 Å². The maximum atomic E-state index is 13.8. The van der Waals surface area contributed by atoms with Gasteiger partial charge in [0.25, 0.3) is 0 Å². The fourth-order valence-electron chi connectivity index (χ4n) is 2.56. The van der Waals surface area contributed by atoms with Crippen molar-refractivity contribution in [2.45, 2.75) is 26.3 Å². The van der Waals surface area contributed by atoms with Crippen molar-refractivity contribution in [3.63, 3.8) is 0 Å². The molecule has 1 aromatic carbocycles. The first kappa shape index (κ1) is 15.4. The van der Waals surface area contributed by atoms with Crippen LogP contribution in [0.15, 0.2) is 24.3 Å². The minimum atomic E-state index is -0.156. The summed E-state index contributed by atoms with van der Waals surface area (Å²) in [6.45, 7) is 5.76. The Morgan fingerprint density at radius 1 is 1.35 bits per heavy atom. The molecule has 1 aromatic rings. The highest BCUT2D eigenvalue weighted by molar-refractivity contribution is 5.17. The minimum absolute atomic E-state index is 0.132. The highest BCUT2D eigenvalue weighted by Crippen LogP contribution is 2.28. The summed E-state index contributed by atoms with van der Waals surface area (Å²) in [7, 11) is 0. The SMILES string of the molecule is CCCCN(Cc1ccccc1F)CC1(CO)COC1. The van der Waals surface area contributed by atoms with Gasteiger partial charge in [-0.25, -0.2) is 4.39 Å². The third kappa shape index (κ3) is 3.78. The van der Waals surface area contributed by atoms with Gasteiger partial charge >= 0.3 is 0 Å². The first-order valence-corrected chi connectivity index (χ1v) is 7.33. The molecule has 0 aromatic heterocycles. The lowest BCUT2D eigenvalue weighted by Crippen LogP contribution is -2.53. The number of ether oxygens (including phenoxy) is 1. The van der Waals surface area contributed by atoms with Gasteiger partial charge in [0.2, 0.25) is 0 Å². The van der Waals surface area contributed by atoms with E-state index in [1.165, 1.54) is 6.07 Å². The molecular formula is C16H24FNO2. The van der Waals surface area contributed by atoms with Gasteiger partial charge in [-0.1, -0.05) is 31.5 Å². The van der Waals surface area contributed by atoms with Crippen molar-refractivity contribution in [2.24, 2.45) is 5.41 Å². The van der Waals surface area contributed by atoms with E-state index in [-0.39, 0.29) is 17.8 Å². The molecule has 1 aliphatic rings. The molecule has 0 atom stereocenters. The number of hydrogen-bond donors (Lipinski definition) is 1. The van der Waals surface area contributed by atoms with Crippen LogP contribution in [0.25, 0.3) is 0 Å². The molecule has 4 heteroatoms. The predicted molar refractivity (Wildman–Crippen MR) is 76.9 cm³/mol. The molecule has 0 unspecified atom stereocenters. The Morgan fingerprint density at radius 2 is 2.10 bits per heavy atom. The highest BCUT2D eigenvalue weighted by Gasteiger charge is 2.39. The summed E-state index contributed by atoms with van der Waals surface area (Å²) >= 11 is 0. The monoisotopic (exact) mass is 281 g/mol. The Balaban J connectivity index is 2.01. The second-order valence-corrected chi connectivity index (χ2v) is 5.81. The second-order valence-electron chi connectivity index (χ2n) is 5.81. The predicted octanol–water partition coefficient (Wildman–Crippen LogP) is 2.44. The molecule has 1 heterocycles. The molecule has 0 aliphatic carbocycles. The smallest absolute Gasteiger partial charge is 0.127 e. The van der Waals surface area contributed by atoms with Gasteiger partial charge in [-0.05, 0) is 19.0 Å². The second kappa shape index (κ2) is 7.16. The zero-order chi connectivity index (χ0) is 14.4. The number of halogens is 1. The maximum Gasteiger partial charge on any atom is 0.127 e. The number of aliphatic hydroxyl groups is 1. The number of unbranched alkanes of at least 4 members (excludes halogenated alkanes) is 1. The standard InChI is InChI=1S/C16H24FNO2/c1-2-3-8-18(10-16(11-19)12-20-13-16)9-14-6-4-5-7-15(14)17/h4-7,19H,2-3,8-13H2,1H3. The number of hydrogen-bond acceptors (Lipinski definition) is 3. The first-order chi connectivity index (χ1) is 9.69. The van der Waals surface area contributed by atoms with Crippen LogP contribution in [-0.4, -0.2) is 42.9 Å². The third-order valence-electron chi connectivity index (χ3n) is 3.89. The summed E-state index contributed by atoms with van der Waals surface area (Å²) in [5.41, 5.74) is 0.566. The molecule has 2 rings (SSSR count). The van der Waals surface area contributed by atoms with Crippen LogP contribution in [0.2, 0.25) is 0 Å². The first-order valence-electron chi connectivity index (χ1n) is 7.33. The normalized spacial score (nSPS) is 17.2. The van der Waals surface area contributed by atoms with Crippen LogP contribution in [0.1, 0.15) is 25.3 Å². The van der Waals surface area contributed by atoms with E-state index in [0.29, 0.717) is 19.8 Å². The Hall–Kier alpha value is -0.970. The van der Waals surface area contributed by atoms with Crippen LogP contribution in [0, 0.1) is 11.2 Å². The summed E-state index contributed by atoms with van der Waals surface area (Å²) in [5, 5.41) is 9.55. The zero-order valence-electron chi connectivity index (χ0n) is 12.1. The van der Waals surface area contributed by atoms with E-state index in [0.717, 1.165) is 31.5 Å². The Bertz CT molecular complexity index is 415. The molecule has 0 amide bonds. The Kier molecular flexibility index (Phi) is 5.52. The van der Waals surface area contributed by atoms with Crippen LogP contribution in [0.4, 0.5) is 4.39 Å². The summed E-state index contributed by atoms with van der Waals surface area (Å²) in [6, 6.07) is 6.91. The lowest BCUT2D eigenvalue weighted by Gasteiger charge is -2.43. The highest BCUT2D eigenvalue weighted by atomic mass is 19.1. The molecule has 112 valence electrons. The lowest BCUT2D eigenvalue weighted by atomic mass is 9.86. The van der Waals surface area contributed by atoms with Gasteiger partial charge in [0, 0.05) is 18.7 Å². The zero-order valence-corrected chi connectivity index (χ0v) is 12.1. The number of nitrogens with zero attached hydrogens (tertiary/aromatic N) is 1. The molecular weight excluding hydrogens is 257 g/mol. The molecule has 0 saturated carbocycles. The molecule has 3 nitrogen and oxygen atoms in total. The van der Waals surface area contributed by atoms with Crippen molar-refractivity contribution in [3.05, 3.63) is 35.6 Å². The summed E-state index contributed by atoms with van der Waals surface area (Å²) in [6.07, 6.45) is 2.19. The average molecular weight is 281 g/mol. The van der Waals surface area contributed by atoms with Gasteiger partial charge in [0.05, 0.1) is 25.2 Å². The van der Waals surface area contributed by atoms with Crippen LogP contribution >= 0.6 is 0 Å². The molecule has 1 saturated heterocycles. The van der Waals surface area contributed by atoms with Crippen molar-refractivity contribution in [1.82, 2.24) is 4.90 Å². The summed E-state index contributed by atoms with van der Waals surface area (Å²) < 4.78 is 19.0. The molecule has 1 fully saturated rings. The molecule has 1 aliphatic heterocycles. The van der Waals surface area contributed by atoms with E-state index < -0.39 is 0 Å². The average Bonchev–Trinajstić information content (AvgIpc) is 2.42. The molecule has 1 N–H and O–H groups in total. The van der Waals surface area contributed by atoms with E-state index in [1.807, 2.05) is 12.1 Å². The molecule has 0 radical (unpaired) electrons. The quantitative estimate of drug-likeness (QED) is 0.794. The minimum Gasteiger partial charge on any atom is -0.396 e. The van der Waals surface area contributed by atoms with E-state index >= 15 is 0 Å². The van der Waals surface area contributed by atoms with Gasteiger partial charge in [0.1, 0.15) is 5.82 Å². The van der Waals surface area contributed by atoms with E-state index in [9.17, 15) is 9.50 Å². The van der Waals surface area contributed by atoms with Crippen LogP contribution in [0.5, 0.6) is 0 Å². The van der Waals surface area contributed by atoms with Crippen molar-refractivity contribution in [3.8, 4) is 0 Å². The van der Waals surface area contributed by atoms with Crippen LogP contribution in [-0.2, 0) is 11.3 Å². The van der Waals surface area contributed by atoms with Gasteiger partial charge in [-0.3, -0.25) is 4.90 Å². The fourth-order valence-corrected chi connectivity index (χ4v) is 2.56. The molecule has 20 heavy (non-hydrogen) atoms. The lowest BCUT2D eigenvalue weighted by molar-refractivity contribution is -0.149. The van der Waals surface area contributed by atoms with Crippen molar-refractivity contribution in [2.75, 3.05) is 32.9 Å². The van der Waals surface area contributed by atoms with E-state index in [2.05, 4.69) is 11.8 Å². The van der Waals surface area contributed by atoms with Gasteiger partial charge < -0.3 is 9.84 Å². The fraction of sp³-hybridized carbons (Fsp3) is 0.625. The number of rotatable bonds is 8. The van der Waals surface area contributed by atoms with Gasteiger partial charge in [-0.15, -0.1) is 0 Å². The van der Waals surface area contributed by atoms with Crippen molar-refractivity contribution in [1.29, 1.82) is 0 Å². The van der Waals surface area contributed by atoms with Crippen molar-refractivity contribution < 1.29 is 14.2 Å². The Labute approximate surface area is 120 Å². The molecule has 0 spiro atoms. The maximum absolute atomic E-state index is 13.8. The van der Waals surface area contributed by atoms with Crippen molar-refractivity contribution >= 4 is 0 Å². The number of benzene rings is 1. The number of aliphatic hydroxyl groups excluding tert-OH is 1. The van der Waals surface area contributed by atoms with Crippen LogP contribution in [0.3, 0.4) is 0 Å². The molecule has 0 bridgehead atoms. The summed E-state index contributed by atoms with van der Waals surface area (Å²) in [5.74, 6) is -0.156. The van der Waals surface area contributed by atoms with E-state index in [4.69, 9.17) is 4.74 Å². The Morgan fingerprint density at radius 3 is 2.65 bits per heavy atom. The van der Waals surface area contributed by atoms with E-state index in [1.54, 1.807) is 6.07 Å². The summed E-state index contributed by atoms with van der Waals surface area (Å²) in [4.78, 5) is 2.24. The van der Waals surface area contributed by atoms with Gasteiger partial charge in [-0.2, -0.15) is 0 Å². The van der Waals surface area contributed by atoms with Crippen LogP contribution < -0.4 is 0 Å². The largest absolute Gasteiger partial charge is 0.396 e. The topological polar surface area (TPSA) is 32.7 Å². The third-order valence-corrected chi connectivity index (χ3v) is 3.89.